The van der Waals surface area contributed by atoms with Crippen molar-refractivity contribution in [3.05, 3.63) is 104 Å². The molecule has 0 fully saturated rings. The Morgan fingerprint density at radius 1 is 1.03 bits per heavy atom. The third-order valence-electron chi connectivity index (χ3n) is 5.09. The molecule has 154 valence electrons. The Labute approximate surface area is 177 Å². The number of aryl methyl sites for hydroxylation is 1. The van der Waals surface area contributed by atoms with Crippen LogP contribution in [-0.2, 0) is 0 Å². The second-order valence-corrected chi connectivity index (χ2v) is 7.00. The average Bonchev–Trinajstić information content (AvgIpc) is 2.77. The molecule has 0 saturated heterocycles. The standard InChI is InChI=1S/C23H19N5O3/c1-15-8-7-13-20(16(15)2)27-22(29)18-10-4-5-11-19(18)25-23(27)26-24-14-17-9-3-6-12-21(17)28(30)31/h3-14H,1-2H3,(H,25,26)/b24-14-. The molecule has 0 aliphatic heterocycles. The van der Waals surface area contributed by atoms with Gasteiger partial charge >= 0.3 is 0 Å². The summed E-state index contributed by atoms with van der Waals surface area (Å²) >= 11 is 0. The summed E-state index contributed by atoms with van der Waals surface area (Å²) < 4.78 is 1.47. The molecular formula is C23H19N5O3. The summed E-state index contributed by atoms with van der Waals surface area (Å²) in [5.41, 5.74) is 6.03. The number of hydrazone groups is 1. The van der Waals surface area contributed by atoms with Gasteiger partial charge in [-0.2, -0.15) is 5.10 Å². The molecule has 0 amide bonds. The van der Waals surface area contributed by atoms with E-state index >= 15 is 0 Å². The maximum atomic E-state index is 13.3. The van der Waals surface area contributed by atoms with Crippen molar-refractivity contribution >= 4 is 28.8 Å². The summed E-state index contributed by atoms with van der Waals surface area (Å²) in [6.45, 7) is 3.91. The number of anilines is 1. The van der Waals surface area contributed by atoms with E-state index in [2.05, 4.69) is 15.5 Å². The van der Waals surface area contributed by atoms with Gasteiger partial charge in [-0.3, -0.25) is 14.9 Å². The number of para-hydroxylation sites is 2. The lowest BCUT2D eigenvalue weighted by molar-refractivity contribution is -0.385. The van der Waals surface area contributed by atoms with Gasteiger partial charge in [-0.15, -0.1) is 0 Å². The van der Waals surface area contributed by atoms with E-state index in [1.165, 1.54) is 16.8 Å². The lowest BCUT2D eigenvalue weighted by atomic mass is 10.1. The summed E-state index contributed by atoms with van der Waals surface area (Å²) in [7, 11) is 0. The molecule has 0 unspecified atom stereocenters. The zero-order valence-corrected chi connectivity index (χ0v) is 16.9. The first-order valence-corrected chi connectivity index (χ1v) is 9.58. The third-order valence-corrected chi connectivity index (χ3v) is 5.09. The Kier molecular flexibility index (Phi) is 5.28. The van der Waals surface area contributed by atoms with Gasteiger partial charge in [0.25, 0.3) is 11.2 Å². The van der Waals surface area contributed by atoms with Crippen LogP contribution < -0.4 is 11.0 Å². The van der Waals surface area contributed by atoms with E-state index in [0.717, 1.165) is 11.1 Å². The van der Waals surface area contributed by atoms with Crippen molar-refractivity contribution in [3.8, 4) is 5.69 Å². The van der Waals surface area contributed by atoms with Crippen LogP contribution in [0.4, 0.5) is 11.6 Å². The molecule has 0 aliphatic carbocycles. The summed E-state index contributed by atoms with van der Waals surface area (Å²) in [6, 6.07) is 19.0. The van der Waals surface area contributed by atoms with Crippen LogP contribution in [-0.4, -0.2) is 20.7 Å². The number of hydrogen-bond acceptors (Lipinski definition) is 6. The second kappa shape index (κ2) is 8.19. The summed E-state index contributed by atoms with van der Waals surface area (Å²) in [5, 5.41) is 15.8. The normalized spacial score (nSPS) is 11.2. The average molecular weight is 413 g/mol. The molecule has 8 nitrogen and oxygen atoms in total. The Balaban J connectivity index is 1.85. The molecule has 0 bridgehead atoms. The maximum Gasteiger partial charge on any atom is 0.278 e. The van der Waals surface area contributed by atoms with Crippen molar-refractivity contribution in [1.29, 1.82) is 0 Å². The summed E-state index contributed by atoms with van der Waals surface area (Å²) in [5.74, 6) is 0.215. The Morgan fingerprint density at radius 2 is 1.77 bits per heavy atom. The molecule has 31 heavy (non-hydrogen) atoms. The topological polar surface area (TPSA) is 102 Å². The Morgan fingerprint density at radius 3 is 2.58 bits per heavy atom. The largest absolute Gasteiger partial charge is 0.278 e. The van der Waals surface area contributed by atoms with Crippen molar-refractivity contribution < 1.29 is 4.92 Å². The first-order valence-electron chi connectivity index (χ1n) is 9.58. The van der Waals surface area contributed by atoms with Crippen molar-refractivity contribution in [2.24, 2.45) is 5.10 Å². The highest BCUT2D eigenvalue weighted by Crippen LogP contribution is 2.21. The molecule has 0 atom stereocenters. The highest BCUT2D eigenvalue weighted by molar-refractivity contribution is 5.85. The summed E-state index contributed by atoms with van der Waals surface area (Å²) in [4.78, 5) is 28.7. The first-order chi connectivity index (χ1) is 15.0. The lowest BCUT2D eigenvalue weighted by Crippen LogP contribution is -2.23. The van der Waals surface area contributed by atoms with Gasteiger partial charge in [0.05, 0.1) is 33.3 Å². The van der Waals surface area contributed by atoms with Crippen molar-refractivity contribution in [2.45, 2.75) is 13.8 Å². The highest BCUT2D eigenvalue weighted by atomic mass is 16.6. The van der Waals surface area contributed by atoms with Gasteiger partial charge in [0, 0.05) is 6.07 Å². The van der Waals surface area contributed by atoms with Crippen LogP contribution in [0.15, 0.2) is 76.6 Å². The van der Waals surface area contributed by atoms with Crippen LogP contribution in [0.3, 0.4) is 0 Å². The minimum atomic E-state index is -0.471. The fourth-order valence-electron chi connectivity index (χ4n) is 3.33. The van der Waals surface area contributed by atoms with Crippen LogP contribution in [0, 0.1) is 24.0 Å². The minimum Gasteiger partial charge on any atom is -0.268 e. The van der Waals surface area contributed by atoms with E-state index in [9.17, 15) is 14.9 Å². The van der Waals surface area contributed by atoms with E-state index in [1.54, 1.807) is 42.5 Å². The van der Waals surface area contributed by atoms with Crippen LogP contribution >= 0.6 is 0 Å². The van der Waals surface area contributed by atoms with E-state index in [-0.39, 0.29) is 17.2 Å². The predicted molar refractivity (Wildman–Crippen MR) is 121 cm³/mol. The fraction of sp³-hybridized carbons (Fsp3) is 0.0870. The molecule has 0 radical (unpaired) electrons. The number of nitrogens with zero attached hydrogens (tertiary/aromatic N) is 4. The monoisotopic (exact) mass is 413 g/mol. The predicted octanol–water partition coefficient (Wildman–Crippen LogP) is 4.36. The number of nitro groups is 1. The molecule has 4 rings (SSSR count). The number of aromatic nitrogens is 2. The third kappa shape index (κ3) is 3.78. The van der Waals surface area contributed by atoms with Gasteiger partial charge in [-0.05, 0) is 49.2 Å². The SMILES string of the molecule is Cc1cccc(-n2c(N/N=C\c3ccccc3[N+](=O)[O-])nc3ccccc3c2=O)c1C. The number of hydrogen-bond donors (Lipinski definition) is 1. The lowest BCUT2D eigenvalue weighted by Gasteiger charge is -2.16. The highest BCUT2D eigenvalue weighted by Gasteiger charge is 2.15. The zero-order valence-electron chi connectivity index (χ0n) is 16.9. The number of nitro benzene ring substituents is 1. The number of nitrogens with one attached hydrogen (secondary N) is 1. The van der Waals surface area contributed by atoms with Gasteiger partial charge in [-0.25, -0.2) is 15.0 Å². The van der Waals surface area contributed by atoms with Crippen LogP contribution in [0.1, 0.15) is 16.7 Å². The molecule has 0 spiro atoms. The number of fused-ring (bicyclic) bond motifs is 1. The summed E-state index contributed by atoms with van der Waals surface area (Å²) in [6.07, 6.45) is 1.34. The van der Waals surface area contributed by atoms with E-state index in [1.807, 2.05) is 32.0 Å². The van der Waals surface area contributed by atoms with Gasteiger partial charge in [0.1, 0.15) is 0 Å². The Bertz CT molecular complexity index is 1390. The molecule has 1 heterocycles. The van der Waals surface area contributed by atoms with Gasteiger partial charge in [0.2, 0.25) is 5.95 Å². The van der Waals surface area contributed by atoms with Gasteiger partial charge < -0.3 is 0 Å². The quantitative estimate of drug-likeness (QED) is 0.298. The molecular weight excluding hydrogens is 394 g/mol. The van der Waals surface area contributed by atoms with E-state index in [0.29, 0.717) is 22.2 Å². The molecule has 8 heteroatoms. The second-order valence-electron chi connectivity index (χ2n) is 7.00. The van der Waals surface area contributed by atoms with Gasteiger partial charge in [0.15, 0.2) is 0 Å². The molecule has 0 saturated carbocycles. The van der Waals surface area contributed by atoms with Crippen LogP contribution in [0.2, 0.25) is 0 Å². The molecule has 0 aliphatic rings. The van der Waals surface area contributed by atoms with Crippen LogP contribution in [0.25, 0.3) is 16.6 Å². The molecule has 1 N–H and O–H groups in total. The minimum absolute atomic E-state index is 0.0635. The van der Waals surface area contributed by atoms with Gasteiger partial charge in [-0.1, -0.05) is 36.4 Å². The first kappa shape index (κ1) is 20.0. The van der Waals surface area contributed by atoms with Crippen LogP contribution in [0.5, 0.6) is 0 Å². The smallest absolute Gasteiger partial charge is 0.268 e. The number of rotatable bonds is 5. The van der Waals surface area contributed by atoms with Crippen molar-refractivity contribution in [2.75, 3.05) is 5.43 Å². The molecule has 1 aromatic heterocycles. The zero-order chi connectivity index (χ0) is 22.0. The molecule has 4 aromatic rings. The fourth-order valence-corrected chi connectivity index (χ4v) is 3.33. The number of benzene rings is 3. The van der Waals surface area contributed by atoms with E-state index < -0.39 is 4.92 Å². The van der Waals surface area contributed by atoms with Crippen molar-refractivity contribution in [1.82, 2.24) is 9.55 Å². The Hall–Kier alpha value is -4.33. The van der Waals surface area contributed by atoms with E-state index in [4.69, 9.17) is 0 Å². The van der Waals surface area contributed by atoms with Crippen molar-refractivity contribution in [3.63, 3.8) is 0 Å². The maximum absolute atomic E-state index is 13.3. The molecule has 3 aromatic carbocycles.